The molecule has 1 aliphatic rings. The van der Waals surface area contributed by atoms with Crippen LogP contribution in [0, 0.1) is 10.1 Å². The number of nitrogens with zero attached hydrogens (tertiary/aromatic N) is 4. The first-order valence-corrected chi connectivity index (χ1v) is 11.9. The number of hydrogen-bond acceptors (Lipinski definition) is 4. The molecule has 3 heterocycles. The van der Waals surface area contributed by atoms with Gasteiger partial charge < -0.3 is 14.8 Å². The first kappa shape index (κ1) is 22.7. The number of non-ortho nitro benzene ring substituents is 1. The highest BCUT2D eigenvalue weighted by Gasteiger charge is 2.42. The maximum Gasteiger partial charge on any atom is 0.269 e. The second kappa shape index (κ2) is 9.31. The summed E-state index contributed by atoms with van der Waals surface area (Å²) >= 11 is 5.84. The predicted molar refractivity (Wildman–Crippen MR) is 141 cm³/mol. The Balaban J connectivity index is 1.62. The summed E-state index contributed by atoms with van der Waals surface area (Å²) in [7, 11) is 0. The van der Waals surface area contributed by atoms with Gasteiger partial charge in [0, 0.05) is 41.6 Å². The third kappa shape index (κ3) is 4.28. The highest BCUT2D eigenvalue weighted by Crippen LogP contribution is 2.42. The Morgan fingerprint density at radius 2 is 1.69 bits per heavy atom. The summed E-state index contributed by atoms with van der Waals surface area (Å²) in [5.41, 5.74) is 5.03. The summed E-state index contributed by atoms with van der Waals surface area (Å²) in [6, 6.07) is 24.6. The van der Waals surface area contributed by atoms with E-state index in [9.17, 15) is 10.1 Å². The van der Waals surface area contributed by atoms with Crippen molar-refractivity contribution in [3.63, 3.8) is 0 Å². The minimum atomic E-state index is -0.390. The molecule has 1 N–H and O–H groups in total. The Hall–Kier alpha value is -4.04. The van der Waals surface area contributed by atoms with E-state index in [1.54, 1.807) is 18.3 Å². The molecule has 0 radical (unpaired) electrons. The quantitative estimate of drug-likeness (QED) is 0.203. The van der Waals surface area contributed by atoms with Crippen molar-refractivity contribution >= 4 is 28.7 Å². The van der Waals surface area contributed by atoms with Crippen LogP contribution in [0.3, 0.4) is 0 Å². The molecular weight excluding hydrogens is 458 g/mol. The summed E-state index contributed by atoms with van der Waals surface area (Å²) in [4.78, 5) is 17.5. The number of hydrogen-bond donors (Lipinski definition) is 1. The van der Waals surface area contributed by atoms with Crippen LogP contribution >= 0.6 is 12.2 Å². The lowest BCUT2D eigenvalue weighted by Crippen LogP contribution is -2.30. The van der Waals surface area contributed by atoms with E-state index in [1.807, 2.05) is 30.5 Å². The molecule has 4 aromatic rings. The fourth-order valence-electron chi connectivity index (χ4n) is 4.56. The van der Waals surface area contributed by atoms with Gasteiger partial charge in [0.25, 0.3) is 5.69 Å². The molecule has 0 spiro atoms. The number of rotatable bonds is 6. The van der Waals surface area contributed by atoms with E-state index in [-0.39, 0.29) is 22.7 Å². The molecule has 1 fully saturated rings. The van der Waals surface area contributed by atoms with E-state index in [0.717, 1.165) is 22.8 Å². The molecule has 0 unspecified atom stereocenters. The third-order valence-electron chi connectivity index (χ3n) is 6.36. The molecule has 2 aromatic heterocycles. The van der Waals surface area contributed by atoms with E-state index >= 15 is 0 Å². The zero-order valence-corrected chi connectivity index (χ0v) is 20.2. The summed E-state index contributed by atoms with van der Waals surface area (Å²) in [5.74, 6) is 0.434. The van der Waals surface area contributed by atoms with Gasteiger partial charge in [0.05, 0.1) is 16.7 Å². The Morgan fingerprint density at radius 1 is 0.971 bits per heavy atom. The first-order valence-electron chi connectivity index (χ1n) is 11.5. The lowest BCUT2D eigenvalue weighted by atomic mass is 9.99. The lowest BCUT2D eigenvalue weighted by Gasteiger charge is -2.29. The second-order valence-electron chi connectivity index (χ2n) is 8.82. The van der Waals surface area contributed by atoms with Crippen LogP contribution in [0.5, 0.6) is 0 Å². The predicted octanol–water partition coefficient (Wildman–Crippen LogP) is 6.08. The molecule has 7 nitrogen and oxygen atoms in total. The molecule has 35 heavy (non-hydrogen) atoms. The summed E-state index contributed by atoms with van der Waals surface area (Å²) in [5, 5.41) is 15.3. The third-order valence-corrected chi connectivity index (χ3v) is 6.67. The summed E-state index contributed by atoms with van der Waals surface area (Å²) < 4.78 is 2.05. The maximum absolute atomic E-state index is 11.1. The van der Waals surface area contributed by atoms with Crippen molar-refractivity contribution in [2.75, 3.05) is 4.90 Å². The average Bonchev–Trinajstić information content (AvgIpc) is 3.49. The normalized spacial score (nSPS) is 17.6. The van der Waals surface area contributed by atoms with E-state index in [2.05, 4.69) is 63.9 Å². The van der Waals surface area contributed by atoms with Crippen LogP contribution in [-0.2, 0) is 0 Å². The highest BCUT2D eigenvalue weighted by atomic mass is 32.1. The Kier molecular flexibility index (Phi) is 6.05. The number of thiocarbonyl (C=S) groups is 1. The van der Waals surface area contributed by atoms with E-state index < -0.39 is 0 Å². The summed E-state index contributed by atoms with van der Waals surface area (Å²) in [6.07, 6.45) is 3.75. The van der Waals surface area contributed by atoms with Gasteiger partial charge in [-0.15, -0.1) is 0 Å². The van der Waals surface area contributed by atoms with Crippen LogP contribution in [0.25, 0.3) is 5.69 Å². The summed E-state index contributed by atoms with van der Waals surface area (Å²) in [6.45, 7) is 4.35. The second-order valence-corrected chi connectivity index (χ2v) is 9.21. The van der Waals surface area contributed by atoms with Gasteiger partial charge in [-0.2, -0.15) is 0 Å². The number of anilines is 1. The fourth-order valence-corrected chi connectivity index (χ4v) is 4.90. The molecule has 2 atom stereocenters. The van der Waals surface area contributed by atoms with Gasteiger partial charge in [-0.1, -0.05) is 32.0 Å². The van der Waals surface area contributed by atoms with Gasteiger partial charge in [-0.3, -0.25) is 15.1 Å². The van der Waals surface area contributed by atoms with E-state index in [0.29, 0.717) is 11.0 Å². The van der Waals surface area contributed by atoms with E-state index in [1.165, 1.54) is 17.7 Å². The topological polar surface area (TPSA) is 76.2 Å². The van der Waals surface area contributed by atoms with Crippen molar-refractivity contribution in [3.8, 4) is 5.69 Å². The molecule has 5 rings (SSSR count). The number of benzene rings is 2. The lowest BCUT2D eigenvalue weighted by molar-refractivity contribution is -0.384. The minimum absolute atomic E-state index is 0.0596. The van der Waals surface area contributed by atoms with Crippen LogP contribution in [-0.4, -0.2) is 19.6 Å². The maximum atomic E-state index is 11.1. The Bertz CT molecular complexity index is 1350. The van der Waals surface area contributed by atoms with Crippen LogP contribution in [0.4, 0.5) is 11.4 Å². The van der Waals surface area contributed by atoms with Gasteiger partial charge in [-0.05, 0) is 72.2 Å². The largest absolute Gasteiger partial charge is 0.351 e. The molecule has 0 saturated carbocycles. The number of pyridine rings is 1. The molecule has 176 valence electrons. The first-order chi connectivity index (χ1) is 16.9. The van der Waals surface area contributed by atoms with Gasteiger partial charge in [0.2, 0.25) is 0 Å². The van der Waals surface area contributed by atoms with Crippen molar-refractivity contribution in [1.29, 1.82) is 0 Å². The van der Waals surface area contributed by atoms with Crippen LogP contribution in [0.15, 0.2) is 91.3 Å². The molecule has 2 aromatic carbocycles. The van der Waals surface area contributed by atoms with Crippen molar-refractivity contribution in [2.45, 2.75) is 31.8 Å². The molecule has 0 bridgehead atoms. The molecule has 0 aliphatic carbocycles. The number of nitrogens with one attached hydrogen (secondary N) is 1. The zero-order chi connectivity index (χ0) is 24.5. The Labute approximate surface area is 209 Å². The fraction of sp³-hybridized carbons (Fsp3) is 0.185. The minimum Gasteiger partial charge on any atom is -0.351 e. The van der Waals surface area contributed by atoms with Crippen molar-refractivity contribution in [2.24, 2.45) is 0 Å². The van der Waals surface area contributed by atoms with E-state index in [4.69, 9.17) is 12.2 Å². The van der Waals surface area contributed by atoms with Crippen molar-refractivity contribution in [3.05, 3.63) is 118 Å². The average molecular weight is 484 g/mol. The standard InChI is InChI=1S/C27H25N5O2S/c1-18(2)19-8-10-21(11-9-19)31-26(25(29-27(31)35)23-6-3-4-16-28-23)24-7-5-17-30(24)20-12-14-22(15-13-20)32(33)34/h3-18,25-26H,1-2H3,(H,29,35)/t25-,26+/m0/s1. The molecule has 1 saturated heterocycles. The van der Waals surface area contributed by atoms with Crippen molar-refractivity contribution in [1.82, 2.24) is 14.9 Å². The van der Waals surface area contributed by atoms with Gasteiger partial charge in [0.15, 0.2) is 5.11 Å². The van der Waals surface area contributed by atoms with Crippen LogP contribution in [0.2, 0.25) is 0 Å². The zero-order valence-electron chi connectivity index (χ0n) is 19.4. The number of aromatic nitrogens is 2. The van der Waals surface area contributed by atoms with Crippen molar-refractivity contribution < 1.29 is 4.92 Å². The smallest absolute Gasteiger partial charge is 0.269 e. The van der Waals surface area contributed by atoms with Gasteiger partial charge in [-0.25, -0.2) is 0 Å². The van der Waals surface area contributed by atoms with Crippen LogP contribution < -0.4 is 10.2 Å². The monoisotopic (exact) mass is 483 g/mol. The van der Waals surface area contributed by atoms with Crippen LogP contribution in [0.1, 0.15) is 48.8 Å². The Morgan fingerprint density at radius 3 is 2.31 bits per heavy atom. The van der Waals surface area contributed by atoms with Gasteiger partial charge in [0.1, 0.15) is 6.04 Å². The number of nitro groups is 1. The molecule has 8 heteroatoms. The highest BCUT2D eigenvalue weighted by molar-refractivity contribution is 7.80. The molecule has 0 amide bonds. The molecular formula is C27H25N5O2S. The number of nitro benzene ring substituents is 1. The molecule has 1 aliphatic heterocycles. The SMILES string of the molecule is CC(C)c1ccc(N2C(=S)N[C@@H](c3ccccn3)[C@H]2c2cccn2-c2ccc([N+](=O)[O-])cc2)cc1. The van der Waals surface area contributed by atoms with Gasteiger partial charge >= 0.3 is 0 Å².